The highest BCUT2D eigenvalue weighted by molar-refractivity contribution is 5.57. The van der Waals surface area contributed by atoms with Gasteiger partial charge in [-0.05, 0) is 26.8 Å². The Morgan fingerprint density at radius 1 is 1.53 bits per heavy atom. The molecule has 0 spiro atoms. The zero-order valence-corrected chi connectivity index (χ0v) is 9.36. The smallest absolute Gasteiger partial charge is 0.406 e. The van der Waals surface area contributed by atoms with Crippen LogP contribution in [0.1, 0.15) is 26.3 Å². The summed E-state index contributed by atoms with van der Waals surface area (Å²) in [7, 11) is 0. The molecule has 0 aliphatic heterocycles. The van der Waals surface area contributed by atoms with Crippen molar-refractivity contribution in [2.24, 2.45) is 5.73 Å². The van der Waals surface area contributed by atoms with Gasteiger partial charge in [-0.25, -0.2) is 0 Å². The number of pyridine rings is 1. The van der Waals surface area contributed by atoms with Gasteiger partial charge in [-0.15, -0.1) is 0 Å². The molecule has 0 saturated carbocycles. The predicted octanol–water partition coefficient (Wildman–Crippen LogP) is 1.22. The van der Waals surface area contributed by atoms with Gasteiger partial charge < -0.3 is 10.5 Å². The van der Waals surface area contributed by atoms with E-state index in [1.165, 1.54) is 4.57 Å². The van der Waals surface area contributed by atoms with Gasteiger partial charge in [0.1, 0.15) is 5.60 Å². The summed E-state index contributed by atoms with van der Waals surface area (Å²) in [5, 5.41) is 0. The minimum atomic E-state index is -0.483. The standard InChI is InChI=1S/C11H17N2O2/c1-11(2,3)15-10(14)13-6-4-5-9(7-12)8-13/h4-6,8H,7,12H2,1-3H3/q+1. The fourth-order valence-electron chi connectivity index (χ4n) is 1.07. The topological polar surface area (TPSA) is 56.2 Å². The van der Waals surface area contributed by atoms with Crippen LogP contribution in [0.15, 0.2) is 24.5 Å². The van der Waals surface area contributed by atoms with Crippen LogP contribution in [0.2, 0.25) is 0 Å². The van der Waals surface area contributed by atoms with E-state index in [1.54, 1.807) is 18.5 Å². The van der Waals surface area contributed by atoms with E-state index < -0.39 is 11.7 Å². The van der Waals surface area contributed by atoms with Crippen LogP contribution in [0.3, 0.4) is 0 Å². The second-order valence-electron chi connectivity index (χ2n) is 4.30. The molecule has 1 heterocycles. The first-order valence-electron chi connectivity index (χ1n) is 4.86. The van der Waals surface area contributed by atoms with Crippen LogP contribution in [-0.4, -0.2) is 11.7 Å². The van der Waals surface area contributed by atoms with Crippen molar-refractivity contribution < 1.29 is 14.1 Å². The van der Waals surface area contributed by atoms with E-state index in [2.05, 4.69) is 0 Å². The fraction of sp³-hybridized carbons (Fsp3) is 0.455. The molecule has 0 atom stereocenters. The lowest BCUT2D eigenvalue weighted by atomic mass is 10.2. The summed E-state index contributed by atoms with van der Waals surface area (Å²) in [6.07, 6.45) is 2.93. The predicted molar refractivity (Wildman–Crippen MR) is 56.2 cm³/mol. The van der Waals surface area contributed by atoms with Gasteiger partial charge in [-0.3, -0.25) is 0 Å². The molecule has 0 aliphatic rings. The van der Waals surface area contributed by atoms with Crippen molar-refractivity contribution in [3.05, 3.63) is 30.1 Å². The Kier molecular flexibility index (Phi) is 3.42. The Morgan fingerprint density at radius 2 is 2.20 bits per heavy atom. The third kappa shape index (κ3) is 3.67. The zero-order valence-electron chi connectivity index (χ0n) is 9.36. The van der Waals surface area contributed by atoms with Crippen LogP contribution in [0.4, 0.5) is 4.79 Å². The first-order chi connectivity index (χ1) is 6.92. The summed E-state index contributed by atoms with van der Waals surface area (Å²) >= 11 is 0. The summed E-state index contributed by atoms with van der Waals surface area (Å²) in [5.74, 6) is 0. The van der Waals surface area contributed by atoms with Crippen molar-refractivity contribution >= 4 is 6.09 Å². The Balaban J connectivity index is 2.82. The summed E-state index contributed by atoms with van der Waals surface area (Å²) in [5.41, 5.74) is 5.89. The van der Waals surface area contributed by atoms with Gasteiger partial charge in [0.2, 0.25) is 0 Å². The number of ether oxygens (including phenoxy) is 1. The maximum absolute atomic E-state index is 11.6. The lowest BCUT2D eigenvalue weighted by Gasteiger charge is -2.15. The maximum Gasteiger partial charge on any atom is 0.602 e. The number of nitrogens with two attached hydrogens (primary N) is 1. The first kappa shape index (κ1) is 11.7. The van der Waals surface area contributed by atoms with Gasteiger partial charge in [-0.1, -0.05) is 4.57 Å². The number of rotatable bonds is 1. The molecule has 0 saturated heterocycles. The highest BCUT2D eigenvalue weighted by Crippen LogP contribution is 2.06. The van der Waals surface area contributed by atoms with Crippen LogP contribution < -0.4 is 10.3 Å². The van der Waals surface area contributed by atoms with Crippen LogP contribution in [-0.2, 0) is 11.3 Å². The first-order valence-corrected chi connectivity index (χ1v) is 4.86. The molecule has 0 unspecified atom stereocenters. The third-order valence-electron chi connectivity index (χ3n) is 1.70. The Hall–Kier alpha value is -1.42. The Morgan fingerprint density at radius 3 is 2.73 bits per heavy atom. The highest BCUT2D eigenvalue weighted by Gasteiger charge is 2.24. The second kappa shape index (κ2) is 4.40. The van der Waals surface area contributed by atoms with Gasteiger partial charge in [0, 0.05) is 18.2 Å². The summed E-state index contributed by atoms with van der Waals surface area (Å²) in [6.45, 7) is 5.90. The molecule has 0 bridgehead atoms. The summed E-state index contributed by atoms with van der Waals surface area (Å²) < 4.78 is 6.60. The number of carbonyl (C=O) groups is 1. The van der Waals surface area contributed by atoms with Crippen molar-refractivity contribution in [1.82, 2.24) is 0 Å². The average molecular weight is 209 g/mol. The molecular weight excluding hydrogens is 192 g/mol. The van der Waals surface area contributed by atoms with Crippen LogP contribution >= 0.6 is 0 Å². The van der Waals surface area contributed by atoms with Crippen molar-refractivity contribution in [2.75, 3.05) is 0 Å². The third-order valence-corrected chi connectivity index (χ3v) is 1.70. The van der Waals surface area contributed by atoms with Crippen molar-refractivity contribution in [3.63, 3.8) is 0 Å². The fourth-order valence-corrected chi connectivity index (χ4v) is 1.07. The molecule has 15 heavy (non-hydrogen) atoms. The van der Waals surface area contributed by atoms with Crippen LogP contribution in [0, 0.1) is 0 Å². The summed E-state index contributed by atoms with van der Waals surface area (Å²) in [4.78, 5) is 11.6. The van der Waals surface area contributed by atoms with Crippen molar-refractivity contribution in [2.45, 2.75) is 32.9 Å². The number of hydrogen-bond acceptors (Lipinski definition) is 3. The minimum Gasteiger partial charge on any atom is -0.406 e. The van der Waals surface area contributed by atoms with Gasteiger partial charge in [0.15, 0.2) is 12.4 Å². The molecule has 0 radical (unpaired) electrons. The van der Waals surface area contributed by atoms with Crippen molar-refractivity contribution in [1.29, 1.82) is 0 Å². The monoisotopic (exact) mass is 209 g/mol. The van der Waals surface area contributed by atoms with Crippen LogP contribution in [0.5, 0.6) is 0 Å². The molecule has 1 rings (SSSR count). The van der Waals surface area contributed by atoms with Crippen molar-refractivity contribution in [3.8, 4) is 0 Å². The molecule has 4 heteroatoms. The van der Waals surface area contributed by atoms with Gasteiger partial charge in [-0.2, -0.15) is 4.79 Å². The number of carbonyl (C=O) groups excluding carboxylic acids is 1. The van der Waals surface area contributed by atoms with E-state index in [1.807, 2.05) is 26.8 Å². The van der Waals surface area contributed by atoms with E-state index in [0.717, 1.165) is 5.56 Å². The number of nitrogens with zero attached hydrogens (tertiary/aromatic N) is 1. The minimum absolute atomic E-state index is 0.391. The van der Waals surface area contributed by atoms with Gasteiger partial charge in [0.25, 0.3) is 0 Å². The van der Waals surface area contributed by atoms with Gasteiger partial charge >= 0.3 is 6.09 Å². The molecule has 82 valence electrons. The SMILES string of the molecule is CC(C)(C)OC(=O)[n+]1cccc(CN)c1. The zero-order chi connectivity index (χ0) is 11.5. The average Bonchev–Trinajstić information content (AvgIpc) is 2.15. The van der Waals surface area contributed by atoms with Crippen LogP contribution in [0.25, 0.3) is 0 Å². The number of hydrogen-bond donors (Lipinski definition) is 1. The normalized spacial score (nSPS) is 11.2. The molecule has 0 aliphatic carbocycles. The van der Waals surface area contributed by atoms with E-state index in [9.17, 15) is 4.79 Å². The Labute approximate surface area is 89.7 Å². The number of aromatic nitrogens is 1. The molecule has 2 N–H and O–H groups in total. The molecule has 4 nitrogen and oxygen atoms in total. The summed E-state index contributed by atoms with van der Waals surface area (Å²) in [6, 6.07) is 3.63. The second-order valence-corrected chi connectivity index (χ2v) is 4.30. The molecule has 0 aromatic carbocycles. The highest BCUT2D eigenvalue weighted by atomic mass is 16.6. The Bertz CT molecular complexity index is 356. The molecule has 0 amide bonds. The lowest BCUT2D eigenvalue weighted by Crippen LogP contribution is -2.46. The van der Waals surface area contributed by atoms with E-state index in [-0.39, 0.29) is 0 Å². The molecule has 1 aromatic rings. The molecule has 0 fully saturated rings. The van der Waals surface area contributed by atoms with E-state index in [4.69, 9.17) is 10.5 Å². The maximum atomic E-state index is 11.6. The quantitative estimate of drug-likeness (QED) is 0.707. The van der Waals surface area contributed by atoms with Gasteiger partial charge in [0.05, 0.1) is 0 Å². The largest absolute Gasteiger partial charge is 0.602 e. The molecule has 1 aromatic heterocycles. The van der Waals surface area contributed by atoms with E-state index >= 15 is 0 Å². The lowest BCUT2D eigenvalue weighted by molar-refractivity contribution is -0.588. The molecular formula is C11H17N2O2+. The van der Waals surface area contributed by atoms with E-state index in [0.29, 0.717) is 6.54 Å².